The third kappa shape index (κ3) is 45.4. The molecule has 0 saturated carbocycles. The zero-order chi connectivity index (χ0) is 43.7. The van der Waals surface area contributed by atoms with Crippen molar-refractivity contribution >= 4 is 17.9 Å². The van der Waals surface area contributed by atoms with Gasteiger partial charge in [0.2, 0.25) is 0 Å². The van der Waals surface area contributed by atoms with E-state index in [-0.39, 0.29) is 37.5 Å². The van der Waals surface area contributed by atoms with Crippen LogP contribution < -0.4 is 0 Å². The molecule has 0 fully saturated rings. The lowest BCUT2D eigenvalue weighted by molar-refractivity contribution is -0.167. The number of rotatable bonds is 42. The van der Waals surface area contributed by atoms with Gasteiger partial charge in [0.15, 0.2) is 6.10 Å². The quantitative estimate of drug-likeness (QED) is 0.0264. The highest BCUT2D eigenvalue weighted by atomic mass is 16.6. The number of carbonyl (C=O) groups is 3. The molecule has 0 rings (SSSR count). The highest BCUT2D eigenvalue weighted by Gasteiger charge is 2.19. The fourth-order valence-electron chi connectivity index (χ4n) is 6.15. The third-order valence-corrected chi connectivity index (χ3v) is 9.77. The Balaban J connectivity index is 4.52. The Morgan fingerprint density at radius 3 is 1.17 bits per heavy atom. The number of allylic oxidation sites excluding steroid dienone is 16. The van der Waals surface area contributed by atoms with Gasteiger partial charge in [0.1, 0.15) is 13.2 Å². The number of unbranched alkanes of at least 4 members (excludes halogenated alkanes) is 15. The molecule has 0 amide bonds. The van der Waals surface area contributed by atoms with E-state index >= 15 is 0 Å². The number of hydrogen-bond donors (Lipinski definition) is 0. The average Bonchev–Trinajstić information content (AvgIpc) is 3.24. The minimum atomic E-state index is -0.810. The van der Waals surface area contributed by atoms with E-state index in [2.05, 4.69) is 118 Å². The van der Waals surface area contributed by atoms with E-state index in [4.69, 9.17) is 14.2 Å². The summed E-state index contributed by atoms with van der Waals surface area (Å²) >= 11 is 0. The SMILES string of the molecule is CC/C=C\C/C=C\C/C=C\C/C=C\C/C=C\CCCC(=O)OCC(COC(=O)CCCCCCC/C=C\CCCCC)OC(=O)CCCCCCC/C=C\C/C=C\CCC. The van der Waals surface area contributed by atoms with Crippen LogP contribution in [0.4, 0.5) is 0 Å². The zero-order valence-electron chi connectivity index (χ0n) is 38.7. The minimum absolute atomic E-state index is 0.107. The maximum Gasteiger partial charge on any atom is 0.306 e. The van der Waals surface area contributed by atoms with Gasteiger partial charge in [-0.15, -0.1) is 0 Å². The first-order valence-electron chi connectivity index (χ1n) is 24.2. The predicted octanol–water partition coefficient (Wildman–Crippen LogP) is 15.8. The van der Waals surface area contributed by atoms with Crippen LogP contribution in [-0.4, -0.2) is 37.2 Å². The van der Waals surface area contributed by atoms with Crippen LogP contribution >= 0.6 is 0 Å². The lowest BCUT2D eigenvalue weighted by Gasteiger charge is -2.18. The lowest BCUT2D eigenvalue weighted by atomic mass is 10.1. The van der Waals surface area contributed by atoms with E-state index in [9.17, 15) is 14.4 Å². The summed E-state index contributed by atoms with van der Waals surface area (Å²) in [6.45, 7) is 6.34. The Labute approximate surface area is 368 Å². The molecule has 0 aromatic carbocycles. The van der Waals surface area contributed by atoms with Crippen molar-refractivity contribution in [2.75, 3.05) is 13.2 Å². The molecule has 0 aromatic rings. The van der Waals surface area contributed by atoms with Crippen molar-refractivity contribution in [2.45, 2.75) is 213 Å². The molecule has 0 heterocycles. The molecular weight excluding hydrogens is 745 g/mol. The summed E-state index contributed by atoms with van der Waals surface area (Å²) in [5.41, 5.74) is 0. The van der Waals surface area contributed by atoms with E-state index in [0.717, 1.165) is 122 Å². The van der Waals surface area contributed by atoms with Crippen molar-refractivity contribution in [2.24, 2.45) is 0 Å². The van der Waals surface area contributed by atoms with Gasteiger partial charge >= 0.3 is 17.9 Å². The van der Waals surface area contributed by atoms with Crippen LogP contribution in [0.2, 0.25) is 0 Å². The number of esters is 3. The van der Waals surface area contributed by atoms with Crippen molar-refractivity contribution < 1.29 is 28.6 Å². The first kappa shape index (κ1) is 56.3. The van der Waals surface area contributed by atoms with E-state index in [1.165, 1.54) is 38.5 Å². The maximum absolute atomic E-state index is 12.7. The topological polar surface area (TPSA) is 78.9 Å². The van der Waals surface area contributed by atoms with Crippen molar-refractivity contribution in [3.63, 3.8) is 0 Å². The zero-order valence-corrected chi connectivity index (χ0v) is 38.7. The molecule has 6 heteroatoms. The van der Waals surface area contributed by atoms with Gasteiger partial charge < -0.3 is 14.2 Å². The molecule has 0 aromatic heterocycles. The van der Waals surface area contributed by atoms with Gasteiger partial charge in [-0.25, -0.2) is 0 Å². The minimum Gasteiger partial charge on any atom is -0.462 e. The number of carbonyl (C=O) groups excluding carboxylic acids is 3. The summed E-state index contributed by atoms with van der Waals surface area (Å²) in [5.74, 6) is -0.998. The molecule has 6 nitrogen and oxygen atoms in total. The number of ether oxygens (including phenoxy) is 3. The molecule has 60 heavy (non-hydrogen) atoms. The van der Waals surface area contributed by atoms with Crippen LogP contribution in [0.15, 0.2) is 97.2 Å². The van der Waals surface area contributed by atoms with E-state index in [1.54, 1.807) is 0 Å². The fraction of sp³-hybridized carbons (Fsp3) is 0.648. The van der Waals surface area contributed by atoms with Gasteiger partial charge in [0.05, 0.1) is 0 Å². The van der Waals surface area contributed by atoms with Crippen molar-refractivity contribution in [3.8, 4) is 0 Å². The standard InChI is InChI=1S/C54H88O6/c1-4-7-10-13-16-19-22-25-26-27-28-30-32-35-38-41-44-47-53(56)59-50-51(49-58-52(55)46-43-40-37-34-31-24-21-18-15-12-9-6-3)60-54(57)48-45-42-39-36-33-29-23-20-17-14-11-8-5-2/h7,10-11,14,16,18-21,23,25-26,28,30,35,38,51H,4-6,8-9,12-13,15,17,22,24,27,29,31-34,36-37,39-50H2,1-3H3/b10-7-,14-11-,19-16-,21-18-,23-20-,26-25-,30-28-,38-35-. The van der Waals surface area contributed by atoms with Gasteiger partial charge in [0, 0.05) is 19.3 Å². The normalized spacial score (nSPS) is 12.9. The molecule has 340 valence electrons. The highest BCUT2D eigenvalue weighted by molar-refractivity contribution is 5.71. The van der Waals surface area contributed by atoms with Crippen LogP contribution in [0.1, 0.15) is 207 Å². The molecule has 0 N–H and O–H groups in total. The van der Waals surface area contributed by atoms with E-state index < -0.39 is 6.10 Å². The molecule has 0 bridgehead atoms. The Morgan fingerprint density at radius 1 is 0.350 bits per heavy atom. The smallest absolute Gasteiger partial charge is 0.306 e. The predicted molar refractivity (Wildman–Crippen MR) is 256 cm³/mol. The molecule has 0 aliphatic heterocycles. The second kappa shape index (κ2) is 48.0. The Kier molecular flexibility index (Phi) is 45.1. The summed E-state index contributed by atoms with van der Waals surface area (Å²) in [5, 5.41) is 0. The highest BCUT2D eigenvalue weighted by Crippen LogP contribution is 2.12. The van der Waals surface area contributed by atoms with Gasteiger partial charge in [-0.2, -0.15) is 0 Å². The molecule has 0 radical (unpaired) electrons. The molecule has 0 spiro atoms. The van der Waals surface area contributed by atoms with Crippen LogP contribution in [0.25, 0.3) is 0 Å². The third-order valence-electron chi connectivity index (χ3n) is 9.77. The summed E-state index contributed by atoms with van der Waals surface area (Å²) in [7, 11) is 0. The largest absolute Gasteiger partial charge is 0.462 e. The van der Waals surface area contributed by atoms with Gasteiger partial charge in [-0.05, 0) is 109 Å². The summed E-state index contributed by atoms with van der Waals surface area (Å²) < 4.78 is 16.7. The molecule has 0 saturated heterocycles. The Bertz CT molecular complexity index is 1230. The van der Waals surface area contributed by atoms with Crippen LogP contribution in [-0.2, 0) is 28.6 Å². The van der Waals surface area contributed by atoms with Gasteiger partial charge in [-0.3, -0.25) is 14.4 Å². The van der Waals surface area contributed by atoms with Gasteiger partial charge in [-0.1, -0.05) is 176 Å². The van der Waals surface area contributed by atoms with Crippen molar-refractivity contribution in [1.29, 1.82) is 0 Å². The monoisotopic (exact) mass is 833 g/mol. The van der Waals surface area contributed by atoms with E-state index in [1.807, 2.05) is 0 Å². The summed E-state index contributed by atoms with van der Waals surface area (Å²) in [4.78, 5) is 37.8. The second-order valence-electron chi connectivity index (χ2n) is 15.6. The van der Waals surface area contributed by atoms with Crippen LogP contribution in [0.3, 0.4) is 0 Å². The van der Waals surface area contributed by atoms with E-state index in [0.29, 0.717) is 19.3 Å². The van der Waals surface area contributed by atoms with Crippen molar-refractivity contribution in [1.82, 2.24) is 0 Å². The van der Waals surface area contributed by atoms with Crippen molar-refractivity contribution in [3.05, 3.63) is 97.2 Å². The molecular formula is C54H88O6. The first-order valence-corrected chi connectivity index (χ1v) is 24.2. The van der Waals surface area contributed by atoms with Gasteiger partial charge in [0.25, 0.3) is 0 Å². The summed E-state index contributed by atoms with van der Waals surface area (Å²) in [6, 6.07) is 0. The molecule has 1 unspecified atom stereocenters. The maximum atomic E-state index is 12.7. The van der Waals surface area contributed by atoms with Crippen LogP contribution in [0, 0.1) is 0 Å². The lowest BCUT2D eigenvalue weighted by Crippen LogP contribution is -2.30. The fourth-order valence-corrected chi connectivity index (χ4v) is 6.15. The Morgan fingerprint density at radius 2 is 0.700 bits per heavy atom. The Hall–Kier alpha value is -3.67. The summed E-state index contributed by atoms with van der Waals surface area (Å²) in [6.07, 6.45) is 62.5. The molecule has 0 aliphatic rings. The number of hydrogen-bond acceptors (Lipinski definition) is 6. The molecule has 1 atom stereocenters. The average molecular weight is 833 g/mol. The first-order chi connectivity index (χ1) is 29.5. The molecule has 0 aliphatic carbocycles. The second-order valence-corrected chi connectivity index (χ2v) is 15.6. The van der Waals surface area contributed by atoms with Crippen LogP contribution in [0.5, 0.6) is 0 Å².